The number of benzene rings is 2. The lowest BCUT2D eigenvalue weighted by molar-refractivity contribution is -0.119. The van der Waals surface area contributed by atoms with Crippen LogP contribution < -0.4 is 20.3 Å². The molecule has 0 atom stereocenters. The van der Waals surface area contributed by atoms with Gasteiger partial charge in [0, 0.05) is 43.8 Å². The second-order valence-electron chi connectivity index (χ2n) is 9.02. The third-order valence-electron chi connectivity index (χ3n) is 6.07. The van der Waals surface area contributed by atoms with Crippen molar-refractivity contribution < 1.29 is 9.53 Å². The second kappa shape index (κ2) is 13.9. The smallest absolute Gasteiger partial charge is 0.239 e. The number of hydrogen-bond acceptors (Lipinski definition) is 7. The number of carbonyl (C=O) groups excluding carboxylic acids is 1. The van der Waals surface area contributed by atoms with Crippen molar-refractivity contribution in [1.82, 2.24) is 30.2 Å². The van der Waals surface area contributed by atoms with Crippen molar-refractivity contribution in [2.75, 3.05) is 38.2 Å². The molecule has 0 aliphatic carbocycles. The molecule has 0 bridgehead atoms. The predicted molar refractivity (Wildman–Crippen MR) is 149 cm³/mol. The fourth-order valence-corrected chi connectivity index (χ4v) is 4.06. The van der Waals surface area contributed by atoms with E-state index in [-0.39, 0.29) is 12.5 Å². The molecule has 2 heterocycles. The average molecular weight is 514 g/mol. The Morgan fingerprint density at radius 2 is 1.84 bits per heavy atom. The van der Waals surface area contributed by atoms with Crippen molar-refractivity contribution in [3.05, 3.63) is 96.2 Å². The predicted octanol–water partition coefficient (Wildman–Crippen LogP) is 3.32. The molecule has 2 aromatic carbocycles. The minimum absolute atomic E-state index is 0.0452. The third kappa shape index (κ3) is 8.14. The molecule has 9 heteroatoms. The van der Waals surface area contributed by atoms with Gasteiger partial charge in [-0.1, -0.05) is 42.5 Å². The quantitative estimate of drug-likeness (QED) is 0.250. The summed E-state index contributed by atoms with van der Waals surface area (Å²) in [6.45, 7) is 5.00. The van der Waals surface area contributed by atoms with Gasteiger partial charge in [-0.05, 0) is 49.6 Å². The molecular formula is C29H35N7O2. The maximum Gasteiger partial charge on any atom is 0.239 e. The molecule has 0 aliphatic heterocycles. The van der Waals surface area contributed by atoms with Crippen LogP contribution in [-0.2, 0) is 17.8 Å². The van der Waals surface area contributed by atoms with E-state index in [1.54, 1.807) is 24.2 Å². The Kier molecular flexibility index (Phi) is 9.81. The summed E-state index contributed by atoms with van der Waals surface area (Å²) in [6, 6.07) is 20.1. The van der Waals surface area contributed by atoms with Crippen molar-refractivity contribution >= 4 is 11.7 Å². The molecule has 0 aliphatic rings. The van der Waals surface area contributed by atoms with Crippen LogP contribution in [0.4, 0.5) is 5.82 Å². The topological polar surface area (TPSA) is 97.2 Å². The molecule has 0 saturated carbocycles. The van der Waals surface area contributed by atoms with E-state index in [1.165, 1.54) is 5.56 Å². The zero-order valence-corrected chi connectivity index (χ0v) is 22.0. The largest absolute Gasteiger partial charge is 0.497 e. The lowest BCUT2D eigenvalue weighted by Crippen LogP contribution is -2.39. The summed E-state index contributed by atoms with van der Waals surface area (Å²) >= 11 is 0. The van der Waals surface area contributed by atoms with E-state index in [0.717, 1.165) is 48.8 Å². The number of aromatic nitrogens is 4. The summed E-state index contributed by atoms with van der Waals surface area (Å²) in [5.74, 6) is 2.03. The number of amides is 1. The number of ether oxygens (including phenoxy) is 1. The van der Waals surface area contributed by atoms with Gasteiger partial charge < -0.3 is 20.3 Å². The van der Waals surface area contributed by atoms with Gasteiger partial charge in [-0.3, -0.25) is 9.36 Å². The summed E-state index contributed by atoms with van der Waals surface area (Å²) in [5, 5.41) is 6.54. The monoisotopic (exact) mass is 513 g/mol. The van der Waals surface area contributed by atoms with E-state index >= 15 is 0 Å². The lowest BCUT2D eigenvalue weighted by atomic mass is 10.1. The van der Waals surface area contributed by atoms with Crippen molar-refractivity contribution in [2.45, 2.75) is 26.3 Å². The second-order valence-corrected chi connectivity index (χ2v) is 9.02. The number of imidazole rings is 1. The Morgan fingerprint density at radius 3 is 2.58 bits per heavy atom. The van der Waals surface area contributed by atoms with Crippen molar-refractivity contribution in [1.29, 1.82) is 0 Å². The number of hydrogen-bond donors (Lipinski definition) is 2. The highest BCUT2D eigenvalue weighted by Crippen LogP contribution is 2.15. The molecule has 0 saturated heterocycles. The molecule has 38 heavy (non-hydrogen) atoms. The van der Waals surface area contributed by atoms with Crippen LogP contribution in [-0.4, -0.2) is 58.7 Å². The van der Waals surface area contributed by atoms with E-state index in [2.05, 4.69) is 32.7 Å². The zero-order chi connectivity index (χ0) is 26.6. The lowest BCUT2D eigenvalue weighted by Gasteiger charge is -2.24. The van der Waals surface area contributed by atoms with Gasteiger partial charge in [0.2, 0.25) is 11.9 Å². The first-order chi connectivity index (χ1) is 18.6. The molecule has 2 N–H and O–H groups in total. The van der Waals surface area contributed by atoms with Crippen LogP contribution in [0, 0.1) is 6.92 Å². The van der Waals surface area contributed by atoms with Crippen LogP contribution in [0.5, 0.6) is 5.75 Å². The van der Waals surface area contributed by atoms with E-state index in [9.17, 15) is 4.79 Å². The number of anilines is 1. The maximum absolute atomic E-state index is 12.9. The van der Waals surface area contributed by atoms with E-state index in [1.807, 2.05) is 66.6 Å². The van der Waals surface area contributed by atoms with Crippen LogP contribution in [0.3, 0.4) is 0 Å². The molecule has 2 aromatic heterocycles. The zero-order valence-electron chi connectivity index (χ0n) is 22.0. The van der Waals surface area contributed by atoms with Gasteiger partial charge in [-0.2, -0.15) is 4.98 Å². The molecule has 9 nitrogen and oxygen atoms in total. The summed E-state index contributed by atoms with van der Waals surface area (Å²) in [6.07, 6.45) is 6.77. The van der Waals surface area contributed by atoms with Crippen LogP contribution in [0.15, 0.2) is 79.4 Å². The molecule has 0 fully saturated rings. The maximum atomic E-state index is 12.9. The first-order valence-corrected chi connectivity index (χ1v) is 12.8. The minimum atomic E-state index is -0.0452. The summed E-state index contributed by atoms with van der Waals surface area (Å²) in [4.78, 5) is 28.3. The SMILES string of the molecule is COc1ccc(CCNC(=O)CN(CCCNCc2ccccc2)c2cc(C)nc(-n3ccnc3)n2)cc1. The highest BCUT2D eigenvalue weighted by Gasteiger charge is 2.15. The van der Waals surface area contributed by atoms with Crippen LogP contribution >= 0.6 is 0 Å². The van der Waals surface area contributed by atoms with Gasteiger partial charge in [0.25, 0.3) is 0 Å². The van der Waals surface area contributed by atoms with Crippen LogP contribution in [0.2, 0.25) is 0 Å². The molecular weight excluding hydrogens is 478 g/mol. The van der Waals surface area contributed by atoms with Gasteiger partial charge in [-0.25, -0.2) is 9.97 Å². The highest BCUT2D eigenvalue weighted by atomic mass is 16.5. The number of carbonyl (C=O) groups is 1. The Labute approximate surface area is 223 Å². The summed E-state index contributed by atoms with van der Waals surface area (Å²) < 4.78 is 6.98. The molecule has 1 amide bonds. The van der Waals surface area contributed by atoms with Gasteiger partial charge >= 0.3 is 0 Å². The molecule has 4 rings (SSSR count). The number of nitrogens with zero attached hydrogens (tertiary/aromatic N) is 5. The summed E-state index contributed by atoms with van der Waals surface area (Å²) in [5.41, 5.74) is 3.21. The Bertz CT molecular complexity index is 1260. The molecule has 0 spiro atoms. The molecule has 0 unspecified atom stereocenters. The Morgan fingerprint density at radius 1 is 1.03 bits per heavy atom. The van der Waals surface area contributed by atoms with Crippen molar-refractivity contribution in [3.8, 4) is 11.7 Å². The first kappa shape index (κ1) is 26.8. The fraction of sp³-hybridized carbons (Fsp3) is 0.310. The third-order valence-corrected chi connectivity index (χ3v) is 6.07. The van der Waals surface area contributed by atoms with Gasteiger partial charge in [0.15, 0.2) is 0 Å². The van der Waals surface area contributed by atoms with Crippen molar-refractivity contribution in [3.63, 3.8) is 0 Å². The minimum Gasteiger partial charge on any atom is -0.497 e. The number of rotatable bonds is 14. The average Bonchev–Trinajstić information content (AvgIpc) is 3.48. The van der Waals surface area contributed by atoms with E-state index < -0.39 is 0 Å². The van der Waals surface area contributed by atoms with Crippen LogP contribution in [0.1, 0.15) is 23.2 Å². The van der Waals surface area contributed by atoms with Gasteiger partial charge in [0.1, 0.15) is 17.9 Å². The Balaban J connectivity index is 1.36. The number of methoxy groups -OCH3 is 1. The van der Waals surface area contributed by atoms with Crippen molar-refractivity contribution in [2.24, 2.45) is 0 Å². The molecule has 4 aromatic rings. The molecule has 0 radical (unpaired) electrons. The standard InChI is InChI=1S/C29H35N7O2/c1-23-19-27(34-29(33-23)36-18-16-31-22-36)35(17-6-14-30-20-25-7-4-3-5-8-25)21-28(37)32-15-13-24-9-11-26(38-2)12-10-24/h3-5,7-12,16,18-19,22,30H,6,13-15,17,20-21H2,1-2H3,(H,32,37). The van der Waals surface area contributed by atoms with Gasteiger partial charge in [0.05, 0.1) is 13.7 Å². The van der Waals surface area contributed by atoms with E-state index in [4.69, 9.17) is 9.72 Å². The molecule has 198 valence electrons. The Hall–Kier alpha value is -4.24. The normalized spacial score (nSPS) is 10.8. The first-order valence-electron chi connectivity index (χ1n) is 12.8. The fourth-order valence-electron chi connectivity index (χ4n) is 4.06. The summed E-state index contributed by atoms with van der Waals surface area (Å²) in [7, 11) is 1.65. The van der Waals surface area contributed by atoms with E-state index in [0.29, 0.717) is 19.0 Å². The van der Waals surface area contributed by atoms with Gasteiger partial charge in [-0.15, -0.1) is 0 Å². The number of nitrogens with one attached hydrogen (secondary N) is 2. The van der Waals surface area contributed by atoms with Crippen LogP contribution in [0.25, 0.3) is 5.95 Å². The number of aryl methyl sites for hydroxylation is 1. The highest BCUT2D eigenvalue weighted by molar-refractivity contribution is 5.81.